The molecular weight excluding hydrogens is 339 g/mol. The van der Waals surface area contributed by atoms with Crippen molar-refractivity contribution in [3.8, 4) is 0 Å². The molecule has 1 aromatic rings. The van der Waals surface area contributed by atoms with E-state index in [1.807, 2.05) is 0 Å². The number of alkyl halides is 2. The summed E-state index contributed by atoms with van der Waals surface area (Å²) in [7, 11) is 0. The molecule has 78 valence electrons. The van der Waals surface area contributed by atoms with E-state index in [1.165, 1.54) is 12.1 Å². The highest BCUT2D eigenvalue weighted by Crippen LogP contribution is 2.33. The monoisotopic (exact) mass is 344 g/mol. The molecule has 1 N–H and O–H groups in total. The van der Waals surface area contributed by atoms with Crippen molar-refractivity contribution in [2.75, 3.05) is 0 Å². The van der Waals surface area contributed by atoms with Crippen LogP contribution in [0.1, 0.15) is 5.56 Å². The molecule has 1 atom stereocenters. The molecule has 0 aromatic heterocycles. The van der Waals surface area contributed by atoms with Gasteiger partial charge in [0.2, 0.25) is 0 Å². The van der Waals surface area contributed by atoms with Crippen molar-refractivity contribution in [3.05, 3.63) is 35.6 Å². The minimum absolute atomic E-state index is 0.288. The normalized spacial score (nSPS) is 14.0. The first kappa shape index (κ1) is 12.3. The van der Waals surface area contributed by atoms with Crippen LogP contribution in [0.4, 0.5) is 4.39 Å². The lowest BCUT2D eigenvalue weighted by Gasteiger charge is -2.15. The average molecular weight is 346 g/mol. The average Bonchev–Trinajstić information content (AvgIpc) is 2.08. The lowest BCUT2D eigenvalue weighted by molar-refractivity contribution is 0.558. The zero-order chi connectivity index (χ0) is 10.8. The van der Waals surface area contributed by atoms with Gasteiger partial charge in [-0.25, -0.2) is 8.60 Å². The molecule has 0 heterocycles. The molecule has 0 aliphatic rings. The molecule has 0 aliphatic carbocycles. The smallest absolute Gasteiger partial charge is 0.184 e. The first-order valence-corrected chi connectivity index (χ1v) is 6.34. The quantitative estimate of drug-likeness (QED) is 0.675. The summed E-state index contributed by atoms with van der Waals surface area (Å²) >= 11 is 4.11. The molecule has 2 nitrogen and oxygen atoms in total. The second-order valence-corrected chi connectivity index (χ2v) is 8.71. The highest BCUT2D eigenvalue weighted by Gasteiger charge is 2.30. The Morgan fingerprint density at radius 3 is 2.29 bits per heavy atom. The molecule has 1 unspecified atom stereocenters. The summed E-state index contributed by atoms with van der Waals surface area (Å²) < 4.78 is 31.2. The van der Waals surface area contributed by atoms with Gasteiger partial charge in [-0.3, -0.25) is 0 Å². The fourth-order valence-corrected chi connectivity index (χ4v) is 1.84. The Balaban J connectivity index is 2.79. The van der Waals surface area contributed by atoms with E-state index >= 15 is 0 Å². The molecule has 14 heavy (non-hydrogen) atoms. The van der Waals surface area contributed by atoms with E-state index in [0.717, 1.165) is 5.56 Å². The molecule has 0 amide bonds. The summed E-state index contributed by atoms with van der Waals surface area (Å²) in [6.07, 6.45) is 0.288. The summed E-state index contributed by atoms with van der Waals surface area (Å²) in [5, 5.41) is 0. The lowest BCUT2D eigenvalue weighted by Crippen LogP contribution is -2.21. The van der Waals surface area contributed by atoms with E-state index < -0.39 is 13.6 Å². The van der Waals surface area contributed by atoms with Gasteiger partial charge < -0.3 is 4.55 Å². The van der Waals surface area contributed by atoms with Gasteiger partial charge in [-0.1, -0.05) is 44.0 Å². The minimum atomic E-state index is -2.04. The molecule has 0 fully saturated rings. The first-order chi connectivity index (χ1) is 6.42. The molecule has 0 bridgehead atoms. The maximum absolute atomic E-state index is 12.5. The van der Waals surface area contributed by atoms with Crippen LogP contribution < -0.4 is 0 Å². The van der Waals surface area contributed by atoms with E-state index in [0.29, 0.717) is 0 Å². The van der Waals surface area contributed by atoms with Gasteiger partial charge in [0, 0.05) is 6.42 Å². The lowest BCUT2D eigenvalue weighted by atomic mass is 10.2. The Morgan fingerprint density at radius 1 is 1.36 bits per heavy atom. The highest BCUT2D eigenvalue weighted by molar-refractivity contribution is 9.27. The van der Waals surface area contributed by atoms with Gasteiger partial charge in [-0.05, 0) is 17.7 Å². The molecule has 0 saturated heterocycles. The fraction of sp³-hybridized carbons (Fsp3) is 0.250. The fourth-order valence-electron chi connectivity index (χ4n) is 0.902. The molecule has 6 heteroatoms. The summed E-state index contributed by atoms with van der Waals surface area (Å²) in [5.74, 6) is -0.325. The van der Waals surface area contributed by atoms with Crippen molar-refractivity contribution in [2.24, 2.45) is 0 Å². The molecule has 0 spiro atoms. The van der Waals surface area contributed by atoms with E-state index in [1.54, 1.807) is 12.1 Å². The van der Waals surface area contributed by atoms with Crippen molar-refractivity contribution in [3.63, 3.8) is 0 Å². The maximum Gasteiger partial charge on any atom is 0.184 e. The Labute approximate surface area is 100 Å². The van der Waals surface area contributed by atoms with Gasteiger partial charge in [-0.2, -0.15) is 0 Å². The van der Waals surface area contributed by atoms with Crippen molar-refractivity contribution in [1.29, 1.82) is 0 Å². The molecule has 1 aromatic carbocycles. The number of hydrogen-bond donors (Lipinski definition) is 1. The molecule has 1 rings (SSSR count). The highest BCUT2D eigenvalue weighted by atomic mass is 79.9. The summed E-state index contributed by atoms with van der Waals surface area (Å²) in [5.41, 5.74) is 0.766. The largest absolute Gasteiger partial charge is 0.304 e. The Morgan fingerprint density at radius 2 is 1.86 bits per heavy atom. The third kappa shape index (κ3) is 3.42. The third-order valence-corrected chi connectivity index (χ3v) is 4.46. The topological polar surface area (TPSA) is 37.3 Å². The zero-order valence-electron chi connectivity index (χ0n) is 6.91. The number of halogens is 3. The third-order valence-electron chi connectivity index (χ3n) is 1.58. The van der Waals surface area contributed by atoms with Crippen LogP contribution >= 0.6 is 31.9 Å². The van der Waals surface area contributed by atoms with Crippen LogP contribution in [0.5, 0.6) is 0 Å². The van der Waals surface area contributed by atoms with Crippen LogP contribution in [-0.4, -0.2) is 11.3 Å². The Kier molecular flexibility index (Phi) is 4.24. The number of rotatable bonds is 3. The summed E-state index contributed by atoms with van der Waals surface area (Å²) in [4.78, 5) is 0. The molecular formula is C8H7Br2FO2S. The van der Waals surface area contributed by atoms with Crippen LogP contribution in [0, 0.1) is 5.82 Å². The SMILES string of the molecule is O=S(O)C(Br)(Br)Cc1ccc(F)cc1. The number of hydrogen-bond acceptors (Lipinski definition) is 1. The van der Waals surface area contributed by atoms with Crippen molar-refractivity contribution < 1.29 is 13.2 Å². The van der Waals surface area contributed by atoms with E-state index in [4.69, 9.17) is 4.55 Å². The van der Waals surface area contributed by atoms with Crippen LogP contribution in [0.15, 0.2) is 24.3 Å². The molecule has 0 radical (unpaired) electrons. The Bertz CT molecular complexity index is 340. The second kappa shape index (κ2) is 4.83. The summed E-state index contributed by atoms with van der Waals surface area (Å²) in [6.45, 7) is 0. The standard InChI is InChI=1S/C8H7Br2FO2S/c9-8(10,14(12)13)5-6-1-3-7(11)4-2-6/h1-4H,5H2,(H,12,13). The number of benzene rings is 1. The molecule has 0 aliphatic heterocycles. The van der Waals surface area contributed by atoms with Gasteiger partial charge in [0.1, 0.15) is 5.82 Å². The van der Waals surface area contributed by atoms with Gasteiger partial charge in [-0.15, -0.1) is 0 Å². The summed E-state index contributed by atoms with van der Waals surface area (Å²) in [6, 6.07) is 5.76. The van der Waals surface area contributed by atoms with E-state index in [2.05, 4.69) is 31.9 Å². The van der Waals surface area contributed by atoms with Crippen molar-refractivity contribution in [1.82, 2.24) is 0 Å². The van der Waals surface area contributed by atoms with Gasteiger partial charge in [0.05, 0.1) is 0 Å². The van der Waals surface area contributed by atoms with Gasteiger partial charge in [0.15, 0.2) is 13.6 Å². The minimum Gasteiger partial charge on any atom is -0.304 e. The maximum atomic E-state index is 12.5. The van der Waals surface area contributed by atoms with E-state index in [-0.39, 0.29) is 12.2 Å². The van der Waals surface area contributed by atoms with Crippen molar-refractivity contribution >= 4 is 42.9 Å². The van der Waals surface area contributed by atoms with Crippen molar-refractivity contribution in [2.45, 2.75) is 8.99 Å². The predicted octanol–water partition coefficient (Wildman–Crippen LogP) is 3.03. The second-order valence-electron chi connectivity index (χ2n) is 2.69. The van der Waals surface area contributed by atoms with Gasteiger partial charge >= 0.3 is 0 Å². The Hall–Kier alpha value is 0.220. The first-order valence-electron chi connectivity index (χ1n) is 3.65. The van der Waals surface area contributed by atoms with Crippen LogP contribution in [-0.2, 0) is 17.5 Å². The van der Waals surface area contributed by atoms with E-state index in [9.17, 15) is 8.60 Å². The molecule has 0 saturated carbocycles. The van der Waals surface area contributed by atoms with Gasteiger partial charge in [0.25, 0.3) is 0 Å². The zero-order valence-corrected chi connectivity index (χ0v) is 10.9. The van der Waals surface area contributed by atoms with Crippen LogP contribution in [0.2, 0.25) is 0 Å². The van der Waals surface area contributed by atoms with Crippen LogP contribution in [0.3, 0.4) is 0 Å². The predicted molar refractivity (Wildman–Crippen MR) is 61.5 cm³/mol. The van der Waals surface area contributed by atoms with Crippen LogP contribution in [0.25, 0.3) is 0 Å².